The molecule has 1 amide bonds. The maximum Gasteiger partial charge on any atom is 0.306 e. The molecule has 2 heterocycles. The summed E-state index contributed by atoms with van der Waals surface area (Å²) in [6, 6.07) is 10.5. The van der Waals surface area contributed by atoms with Crippen LogP contribution in [0, 0.1) is 11.8 Å². The number of carboxylic acid groups (broad SMARTS) is 1. The number of aromatic nitrogens is 1. The molecule has 2 aromatic rings. The monoisotopic (exact) mass is 354 g/mol. The Morgan fingerprint density at radius 1 is 1.00 bits per heavy atom. The molecule has 1 unspecified atom stereocenters. The van der Waals surface area contributed by atoms with Crippen molar-refractivity contribution in [2.75, 3.05) is 6.54 Å². The van der Waals surface area contributed by atoms with Crippen molar-refractivity contribution < 1.29 is 14.7 Å². The number of H-pyrrole nitrogens is 1. The van der Waals surface area contributed by atoms with E-state index in [0.29, 0.717) is 25.7 Å². The number of hydrogen-bond acceptors (Lipinski definition) is 2. The molecule has 1 aliphatic heterocycles. The predicted octanol–water partition coefficient (Wildman–Crippen LogP) is 4.11. The summed E-state index contributed by atoms with van der Waals surface area (Å²) in [7, 11) is 0. The van der Waals surface area contributed by atoms with Crippen LogP contribution in [0.1, 0.15) is 56.7 Å². The summed E-state index contributed by atoms with van der Waals surface area (Å²) in [5.41, 5.74) is 2.24. The van der Waals surface area contributed by atoms with Crippen LogP contribution in [0.5, 0.6) is 0 Å². The number of aromatic amines is 1. The predicted molar refractivity (Wildman–Crippen MR) is 99.7 cm³/mol. The number of benzene rings is 1. The molecular weight excluding hydrogens is 328 g/mol. The summed E-state index contributed by atoms with van der Waals surface area (Å²) in [5.74, 6) is -0.789. The van der Waals surface area contributed by atoms with Crippen LogP contribution in [0.25, 0.3) is 10.9 Å². The first-order valence-corrected chi connectivity index (χ1v) is 9.74. The number of aliphatic carboxylic acids is 1. The highest BCUT2D eigenvalue weighted by Gasteiger charge is 2.36. The third-order valence-electron chi connectivity index (χ3n) is 6.12. The number of nitrogens with zero attached hydrogens (tertiary/aromatic N) is 1. The first-order valence-electron chi connectivity index (χ1n) is 9.74. The first-order chi connectivity index (χ1) is 12.6. The fourth-order valence-electron chi connectivity index (χ4n) is 4.62. The lowest BCUT2D eigenvalue weighted by Gasteiger charge is -2.38. The Morgan fingerprint density at radius 3 is 2.46 bits per heavy atom. The van der Waals surface area contributed by atoms with E-state index in [1.165, 1.54) is 5.39 Å². The zero-order valence-corrected chi connectivity index (χ0v) is 15.0. The van der Waals surface area contributed by atoms with E-state index in [2.05, 4.69) is 28.1 Å². The number of carbonyl (C=O) groups excluding carboxylic acids is 1. The lowest BCUT2D eigenvalue weighted by atomic mass is 9.81. The zero-order chi connectivity index (χ0) is 18.1. The van der Waals surface area contributed by atoms with Crippen molar-refractivity contribution in [2.45, 2.75) is 51.0 Å². The third-order valence-corrected chi connectivity index (χ3v) is 6.12. The van der Waals surface area contributed by atoms with E-state index in [1.807, 2.05) is 12.1 Å². The van der Waals surface area contributed by atoms with Gasteiger partial charge in [0.05, 0.1) is 12.0 Å². The number of hydrogen-bond donors (Lipinski definition) is 2. The second kappa shape index (κ2) is 7.14. The van der Waals surface area contributed by atoms with Gasteiger partial charge in [-0.15, -0.1) is 0 Å². The second-order valence-electron chi connectivity index (χ2n) is 7.74. The standard InChI is InChI=1S/C21H26N2O3/c24-20(14-8-10-15(11-9-14)21(25)26)23-12-4-3-7-19(23)18-13-16-5-1-2-6-17(16)22-18/h1-2,5-6,13-15,19,22H,3-4,7-12H2,(H,25,26). The minimum absolute atomic E-state index is 0.0180. The first kappa shape index (κ1) is 17.1. The highest BCUT2D eigenvalue weighted by molar-refractivity contribution is 5.82. The van der Waals surface area contributed by atoms with Crippen molar-refractivity contribution in [3.8, 4) is 0 Å². The van der Waals surface area contributed by atoms with Crippen LogP contribution in [0.15, 0.2) is 30.3 Å². The largest absolute Gasteiger partial charge is 0.481 e. The van der Waals surface area contributed by atoms with E-state index in [0.717, 1.165) is 37.0 Å². The smallest absolute Gasteiger partial charge is 0.306 e. The van der Waals surface area contributed by atoms with Crippen molar-refractivity contribution in [1.82, 2.24) is 9.88 Å². The normalized spacial score (nSPS) is 26.8. The van der Waals surface area contributed by atoms with E-state index >= 15 is 0 Å². The van der Waals surface area contributed by atoms with Gasteiger partial charge < -0.3 is 15.0 Å². The Morgan fingerprint density at radius 2 is 1.73 bits per heavy atom. The van der Waals surface area contributed by atoms with Gasteiger partial charge in [-0.1, -0.05) is 18.2 Å². The van der Waals surface area contributed by atoms with Crippen LogP contribution in [0.4, 0.5) is 0 Å². The Labute approximate surface area is 153 Å². The quantitative estimate of drug-likeness (QED) is 0.871. The molecule has 5 heteroatoms. The number of carbonyl (C=O) groups is 2. The van der Waals surface area contributed by atoms with E-state index in [-0.39, 0.29) is 23.8 Å². The molecule has 1 saturated heterocycles. The number of amides is 1. The molecule has 1 aromatic heterocycles. The van der Waals surface area contributed by atoms with Crippen LogP contribution in [0.2, 0.25) is 0 Å². The number of para-hydroxylation sites is 1. The Bertz CT molecular complexity index is 771. The van der Waals surface area contributed by atoms with Crippen molar-refractivity contribution in [3.63, 3.8) is 0 Å². The number of carboxylic acids is 1. The van der Waals surface area contributed by atoms with E-state index in [4.69, 9.17) is 0 Å². The van der Waals surface area contributed by atoms with Crippen LogP contribution >= 0.6 is 0 Å². The lowest BCUT2D eigenvalue weighted by Crippen LogP contribution is -2.43. The second-order valence-corrected chi connectivity index (χ2v) is 7.74. The topological polar surface area (TPSA) is 73.4 Å². The maximum absolute atomic E-state index is 13.2. The highest BCUT2D eigenvalue weighted by atomic mass is 16.4. The van der Waals surface area contributed by atoms with Gasteiger partial charge in [-0.05, 0) is 62.5 Å². The average molecular weight is 354 g/mol. The van der Waals surface area contributed by atoms with E-state index in [1.54, 1.807) is 0 Å². The van der Waals surface area contributed by atoms with Gasteiger partial charge in [-0.2, -0.15) is 0 Å². The van der Waals surface area contributed by atoms with Crippen molar-refractivity contribution >= 4 is 22.8 Å². The minimum Gasteiger partial charge on any atom is -0.481 e. The number of likely N-dealkylation sites (tertiary alicyclic amines) is 1. The fourth-order valence-corrected chi connectivity index (χ4v) is 4.62. The molecule has 5 nitrogen and oxygen atoms in total. The molecule has 0 spiro atoms. The SMILES string of the molecule is O=C(O)C1CCC(C(=O)N2CCCCC2c2cc3ccccc3[nH]2)CC1. The molecule has 1 atom stereocenters. The molecule has 1 saturated carbocycles. The number of nitrogens with one attached hydrogen (secondary N) is 1. The van der Waals surface area contributed by atoms with E-state index < -0.39 is 5.97 Å². The fraction of sp³-hybridized carbons (Fsp3) is 0.524. The number of piperidine rings is 1. The van der Waals surface area contributed by atoms with Gasteiger partial charge in [0.1, 0.15) is 0 Å². The van der Waals surface area contributed by atoms with Crippen LogP contribution in [0.3, 0.4) is 0 Å². The summed E-state index contributed by atoms with van der Waals surface area (Å²) < 4.78 is 0. The molecule has 0 radical (unpaired) electrons. The van der Waals surface area contributed by atoms with Gasteiger partial charge in [0, 0.05) is 23.7 Å². The lowest BCUT2D eigenvalue weighted by molar-refractivity contribution is -0.147. The molecule has 4 rings (SSSR count). The molecule has 2 N–H and O–H groups in total. The van der Waals surface area contributed by atoms with E-state index in [9.17, 15) is 14.7 Å². The third kappa shape index (κ3) is 3.22. The number of fused-ring (bicyclic) bond motifs is 1. The molecule has 1 aliphatic carbocycles. The van der Waals surface area contributed by atoms with Crippen LogP contribution in [-0.4, -0.2) is 33.4 Å². The van der Waals surface area contributed by atoms with Crippen LogP contribution in [-0.2, 0) is 9.59 Å². The molecular formula is C21H26N2O3. The van der Waals surface area contributed by atoms with Gasteiger partial charge >= 0.3 is 5.97 Å². The van der Waals surface area contributed by atoms with Gasteiger partial charge in [0.25, 0.3) is 0 Å². The molecule has 138 valence electrons. The molecule has 2 fully saturated rings. The Hall–Kier alpha value is -2.30. The van der Waals surface area contributed by atoms with Gasteiger partial charge in [0.2, 0.25) is 5.91 Å². The van der Waals surface area contributed by atoms with Gasteiger partial charge in [0.15, 0.2) is 0 Å². The molecule has 0 bridgehead atoms. The van der Waals surface area contributed by atoms with Crippen LogP contribution < -0.4 is 0 Å². The minimum atomic E-state index is -0.718. The Balaban J connectivity index is 1.52. The highest BCUT2D eigenvalue weighted by Crippen LogP contribution is 2.36. The average Bonchev–Trinajstić information content (AvgIpc) is 3.11. The summed E-state index contributed by atoms with van der Waals surface area (Å²) in [6.45, 7) is 0.803. The summed E-state index contributed by atoms with van der Waals surface area (Å²) in [4.78, 5) is 29.9. The maximum atomic E-state index is 13.2. The summed E-state index contributed by atoms with van der Waals surface area (Å²) in [6.07, 6.45) is 5.82. The van der Waals surface area contributed by atoms with Crippen molar-refractivity contribution in [1.29, 1.82) is 0 Å². The van der Waals surface area contributed by atoms with Crippen molar-refractivity contribution in [3.05, 3.63) is 36.0 Å². The Kier molecular flexibility index (Phi) is 4.70. The number of rotatable bonds is 3. The summed E-state index contributed by atoms with van der Waals surface area (Å²) >= 11 is 0. The molecule has 26 heavy (non-hydrogen) atoms. The van der Waals surface area contributed by atoms with Gasteiger partial charge in [-0.25, -0.2) is 0 Å². The molecule has 1 aromatic carbocycles. The molecule has 2 aliphatic rings. The van der Waals surface area contributed by atoms with Crippen molar-refractivity contribution in [2.24, 2.45) is 11.8 Å². The zero-order valence-electron chi connectivity index (χ0n) is 15.0. The van der Waals surface area contributed by atoms with Gasteiger partial charge in [-0.3, -0.25) is 9.59 Å². The summed E-state index contributed by atoms with van der Waals surface area (Å²) in [5, 5.41) is 10.4.